The topological polar surface area (TPSA) is 53.4 Å². The van der Waals surface area contributed by atoms with E-state index in [1.165, 1.54) is 10.5 Å². The van der Waals surface area contributed by atoms with Crippen molar-refractivity contribution >= 4 is 5.91 Å². The van der Waals surface area contributed by atoms with Gasteiger partial charge in [-0.1, -0.05) is 60.7 Å². The van der Waals surface area contributed by atoms with Gasteiger partial charge < -0.3 is 9.80 Å². The maximum absolute atomic E-state index is 12.8. The van der Waals surface area contributed by atoms with Gasteiger partial charge >= 0.3 is 0 Å². The van der Waals surface area contributed by atoms with E-state index in [2.05, 4.69) is 34.5 Å². The van der Waals surface area contributed by atoms with Crippen molar-refractivity contribution in [2.75, 3.05) is 26.2 Å². The van der Waals surface area contributed by atoms with Crippen LogP contribution in [0, 0.1) is 0 Å². The monoisotopic (exact) mass is 347 g/mol. The first-order valence-electron chi connectivity index (χ1n) is 9.07. The highest BCUT2D eigenvalue weighted by Gasteiger charge is 2.25. The number of amides is 1. The van der Waals surface area contributed by atoms with Crippen LogP contribution in [0.5, 0.6) is 0 Å². The Hall–Kier alpha value is -2.92. The van der Waals surface area contributed by atoms with Crippen molar-refractivity contribution in [3.63, 3.8) is 0 Å². The van der Waals surface area contributed by atoms with Gasteiger partial charge in [-0.25, -0.2) is 0 Å². The SMILES string of the molecule is O=C(c1cc(-c2ccccc2)n[nH]1)N1CC[NH+](Cc2ccccc2)CC1. The molecule has 1 aliphatic rings. The summed E-state index contributed by atoms with van der Waals surface area (Å²) in [6.07, 6.45) is 0. The van der Waals surface area contributed by atoms with Gasteiger partial charge in [-0.2, -0.15) is 5.10 Å². The Bertz CT molecular complexity index is 852. The molecule has 1 amide bonds. The molecule has 0 atom stereocenters. The molecule has 5 heteroatoms. The second-order valence-corrected chi connectivity index (χ2v) is 6.74. The standard InChI is InChI=1S/C21H22N4O/c26-21(20-15-19(22-23-20)18-9-5-2-6-10-18)25-13-11-24(12-14-25)16-17-7-3-1-4-8-17/h1-10,15H,11-14,16H2,(H,22,23)/p+1. The zero-order chi connectivity index (χ0) is 17.8. The Morgan fingerprint density at radius 3 is 2.35 bits per heavy atom. The van der Waals surface area contributed by atoms with Crippen LogP contribution in [-0.4, -0.2) is 47.2 Å². The van der Waals surface area contributed by atoms with Crippen LogP contribution in [0.15, 0.2) is 66.7 Å². The summed E-state index contributed by atoms with van der Waals surface area (Å²) >= 11 is 0. The fourth-order valence-electron chi connectivity index (χ4n) is 3.45. The summed E-state index contributed by atoms with van der Waals surface area (Å²) in [5, 5.41) is 7.20. The Balaban J connectivity index is 1.36. The molecule has 5 nitrogen and oxygen atoms in total. The molecule has 2 aromatic carbocycles. The van der Waals surface area contributed by atoms with Gasteiger partial charge in [-0.15, -0.1) is 0 Å². The van der Waals surface area contributed by atoms with E-state index in [1.807, 2.05) is 47.4 Å². The smallest absolute Gasteiger partial charge is 0.272 e. The molecule has 1 fully saturated rings. The van der Waals surface area contributed by atoms with Crippen molar-refractivity contribution in [1.82, 2.24) is 15.1 Å². The summed E-state index contributed by atoms with van der Waals surface area (Å²) in [5.74, 6) is 0.0402. The van der Waals surface area contributed by atoms with Gasteiger partial charge in [0.15, 0.2) is 0 Å². The maximum Gasteiger partial charge on any atom is 0.272 e. The number of quaternary nitrogens is 1. The summed E-state index contributed by atoms with van der Waals surface area (Å²) in [4.78, 5) is 16.2. The minimum absolute atomic E-state index is 0.0402. The first-order valence-corrected chi connectivity index (χ1v) is 9.07. The van der Waals surface area contributed by atoms with E-state index in [1.54, 1.807) is 0 Å². The van der Waals surface area contributed by atoms with Crippen LogP contribution in [0.2, 0.25) is 0 Å². The quantitative estimate of drug-likeness (QED) is 0.754. The molecule has 0 saturated carbocycles. The molecule has 1 aliphatic heterocycles. The number of hydrogen-bond donors (Lipinski definition) is 2. The van der Waals surface area contributed by atoms with E-state index >= 15 is 0 Å². The summed E-state index contributed by atoms with van der Waals surface area (Å²) in [6, 6.07) is 22.3. The lowest BCUT2D eigenvalue weighted by Crippen LogP contribution is -3.13. The van der Waals surface area contributed by atoms with Crippen molar-refractivity contribution in [3.05, 3.63) is 78.0 Å². The number of carbonyl (C=O) groups is 1. The molecule has 0 unspecified atom stereocenters. The number of nitrogens with zero attached hydrogens (tertiary/aromatic N) is 2. The highest BCUT2D eigenvalue weighted by molar-refractivity contribution is 5.93. The van der Waals surface area contributed by atoms with Gasteiger partial charge in [0, 0.05) is 11.1 Å². The number of aromatic amines is 1. The van der Waals surface area contributed by atoms with Crippen molar-refractivity contribution < 1.29 is 9.69 Å². The molecule has 1 saturated heterocycles. The summed E-state index contributed by atoms with van der Waals surface area (Å²) in [5.41, 5.74) is 3.74. The summed E-state index contributed by atoms with van der Waals surface area (Å²) in [6.45, 7) is 4.52. The molecule has 0 radical (unpaired) electrons. The highest BCUT2D eigenvalue weighted by atomic mass is 16.2. The predicted octanol–water partition coefficient (Wildman–Crippen LogP) is 1.62. The Kier molecular flexibility index (Phi) is 4.80. The van der Waals surface area contributed by atoms with Crippen molar-refractivity contribution in [2.24, 2.45) is 0 Å². The summed E-state index contributed by atoms with van der Waals surface area (Å²) in [7, 11) is 0. The normalized spacial score (nSPS) is 15.2. The maximum atomic E-state index is 12.8. The molecule has 4 rings (SSSR count). The molecule has 2 N–H and O–H groups in total. The van der Waals surface area contributed by atoms with Crippen molar-refractivity contribution in [1.29, 1.82) is 0 Å². The predicted molar refractivity (Wildman–Crippen MR) is 101 cm³/mol. The molecule has 0 spiro atoms. The first kappa shape index (κ1) is 16.5. The van der Waals surface area contributed by atoms with Gasteiger partial charge in [-0.05, 0) is 6.07 Å². The number of piperazine rings is 1. The number of hydrogen-bond acceptors (Lipinski definition) is 2. The average Bonchev–Trinajstić information content (AvgIpc) is 3.20. The third kappa shape index (κ3) is 3.68. The lowest BCUT2D eigenvalue weighted by molar-refractivity contribution is -0.917. The zero-order valence-corrected chi connectivity index (χ0v) is 14.7. The third-order valence-electron chi connectivity index (χ3n) is 4.93. The van der Waals surface area contributed by atoms with E-state index in [0.717, 1.165) is 44.0 Å². The number of aromatic nitrogens is 2. The van der Waals surface area contributed by atoms with E-state index in [-0.39, 0.29) is 5.91 Å². The molecule has 1 aromatic heterocycles. The number of nitrogens with one attached hydrogen (secondary N) is 2. The van der Waals surface area contributed by atoms with Gasteiger partial charge in [0.1, 0.15) is 12.2 Å². The highest BCUT2D eigenvalue weighted by Crippen LogP contribution is 2.17. The molecular formula is C21H23N4O+. The van der Waals surface area contributed by atoms with Gasteiger partial charge in [0.05, 0.1) is 31.9 Å². The second kappa shape index (κ2) is 7.54. The number of carbonyl (C=O) groups excluding carboxylic acids is 1. The van der Waals surface area contributed by atoms with Gasteiger partial charge in [0.25, 0.3) is 5.91 Å². The molecule has 26 heavy (non-hydrogen) atoms. The lowest BCUT2D eigenvalue weighted by atomic mass is 10.1. The second-order valence-electron chi connectivity index (χ2n) is 6.74. The molecular weight excluding hydrogens is 324 g/mol. The van der Waals surface area contributed by atoms with Crippen molar-refractivity contribution in [3.8, 4) is 11.3 Å². The third-order valence-corrected chi connectivity index (χ3v) is 4.93. The van der Waals surface area contributed by atoms with E-state index in [0.29, 0.717) is 5.69 Å². The molecule has 0 aliphatic carbocycles. The van der Waals surface area contributed by atoms with E-state index < -0.39 is 0 Å². The average molecular weight is 347 g/mol. The first-order chi connectivity index (χ1) is 12.8. The van der Waals surface area contributed by atoms with Crippen LogP contribution in [0.25, 0.3) is 11.3 Å². The molecule has 2 heterocycles. The molecule has 132 valence electrons. The van der Waals surface area contributed by atoms with E-state index in [9.17, 15) is 4.79 Å². The molecule has 3 aromatic rings. The van der Waals surface area contributed by atoms with Crippen LogP contribution in [0.4, 0.5) is 0 Å². The zero-order valence-electron chi connectivity index (χ0n) is 14.7. The fourth-order valence-corrected chi connectivity index (χ4v) is 3.45. The largest absolute Gasteiger partial charge is 0.328 e. The minimum Gasteiger partial charge on any atom is -0.328 e. The van der Waals surface area contributed by atoms with Crippen LogP contribution in [0.3, 0.4) is 0 Å². The number of rotatable bonds is 4. The van der Waals surface area contributed by atoms with Crippen LogP contribution >= 0.6 is 0 Å². The number of benzene rings is 2. The van der Waals surface area contributed by atoms with Crippen LogP contribution < -0.4 is 4.90 Å². The fraction of sp³-hybridized carbons (Fsp3) is 0.238. The summed E-state index contributed by atoms with van der Waals surface area (Å²) < 4.78 is 0. The number of H-pyrrole nitrogens is 1. The Labute approximate surface area is 153 Å². The van der Waals surface area contributed by atoms with Crippen LogP contribution in [0.1, 0.15) is 16.1 Å². The minimum atomic E-state index is 0.0402. The van der Waals surface area contributed by atoms with Gasteiger partial charge in [0.2, 0.25) is 0 Å². The van der Waals surface area contributed by atoms with Crippen molar-refractivity contribution in [2.45, 2.75) is 6.54 Å². The Morgan fingerprint density at radius 1 is 1.00 bits per heavy atom. The van der Waals surface area contributed by atoms with Gasteiger partial charge in [-0.3, -0.25) is 9.89 Å². The van der Waals surface area contributed by atoms with E-state index in [4.69, 9.17) is 0 Å². The Morgan fingerprint density at radius 2 is 1.65 bits per heavy atom. The lowest BCUT2D eigenvalue weighted by Gasteiger charge is -2.32. The molecule has 0 bridgehead atoms. The van der Waals surface area contributed by atoms with Crippen LogP contribution in [-0.2, 0) is 6.54 Å².